The van der Waals surface area contributed by atoms with Crippen LogP contribution in [0.3, 0.4) is 0 Å². The van der Waals surface area contributed by atoms with E-state index in [1.54, 1.807) is 19.2 Å². The lowest BCUT2D eigenvalue weighted by molar-refractivity contribution is -0.139. The Bertz CT molecular complexity index is 507. The zero-order chi connectivity index (χ0) is 13.8. The number of fused-ring (bicyclic) bond motifs is 1. The van der Waals surface area contributed by atoms with Gasteiger partial charge in [0.25, 0.3) is 0 Å². The number of hydrogen-bond acceptors (Lipinski definition) is 4. The summed E-state index contributed by atoms with van der Waals surface area (Å²) in [5, 5.41) is 8.67. The molecule has 5 nitrogen and oxygen atoms in total. The van der Waals surface area contributed by atoms with Gasteiger partial charge in [-0.15, -0.1) is 0 Å². The van der Waals surface area contributed by atoms with Gasteiger partial charge >= 0.3 is 5.97 Å². The van der Waals surface area contributed by atoms with Crippen LogP contribution in [0.15, 0.2) is 12.1 Å². The molecular weight excluding hydrogens is 248 g/mol. The SMILES string of the molecule is COc1ccc(OCC(=O)O)c2c1CCCCC2=O. The number of methoxy groups -OCH3 is 1. The molecule has 1 aliphatic rings. The van der Waals surface area contributed by atoms with E-state index in [4.69, 9.17) is 14.6 Å². The van der Waals surface area contributed by atoms with E-state index in [0.717, 1.165) is 24.8 Å². The van der Waals surface area contributed by atoms with Gasteiger partial charge in [-0.25, -0.2) is 4.79 Å². The van der Waals surface area contributed by atoms with E-state index < -0.39 is 12.6 Å². The quantitative estimate of drug-likeness (QED) is 0.843. The molecule has 19 heavy (non-hydrogen) atoms. The van der Waals surface area contributed by atoms with E-state index in [2.05, 4.69) is 0 Å². The monoisotopic (exact) mass is 264 g/mol. The van der Waals surface area contributed by atoms with Crippen LogP contribution in [0.2, 0.25) is 0 Å². The van der Waals surface area contributed by atoms with Gasteiger partial charge in [0.1, 0.15) is 11.5 Å². The molecule has 1 aromatic carbocycles. The molecule has 0 bridgehead atoms. The Morgan fingerprint density at radius 2 is 1.95 bits per heavy atom. The molecule has 0 spiro atoms. The second kappa shape index (κ2) is 5.73. The van der Waals surface area contributed by atoms with Crippen molar-refractivity contribution in [3.05, 3.63) is 23.3 Å². The minimum absolute atomic E-state index is 0.00760. The third-order valence-electron chi connectivity index (χ3n) is 3.16. The number of benzene rings is 1. The average molecular weight is 264 g/mol. The maximum atomic E-state index is 12.2. The zero-order valence-corrected chi connectivity index (χ0v) is 10.8. The smallest absolute Gasteiger partial charge is 0.341 e. The molecule has 0 atom stereocenters. The maximum absolute atomic E-state index is 12.2. The summed E-state index contributed by atoms with van der Waals surface area (Å²) in [5.41, 5.74) is 1.31. The van der Waals surface area contributed by atoms with Crippen molar-refractivity contribution in [1.29, 1.82) is 0 Å². The molecule has 0 aliphatic heterocycles. The summed E-state index contributed by atoms with van der Waals surface area (Å²) in [6.45, 7) is -0.452. The highest BCUT2D eigenvalue weighted by atomic mass is 16.5. The lowest BCUT2D eigenvalue weighted by Crippen LogP contribution is -2.13. The lowest BCUT2D eigenvalue weighted by atomic mass is 10.00. The van der Waals surface area contributed by atoms with Crippen molar-refractivity contribution in [1.82, 2.24) is 0 Å². The number of ketones is 1. The van der Waals surface area contributed by atoms with E-state index >= 15 is 0 Å². The lowest BCUT2D eigenvalue weighted by Gasteiger charge is -2.15. The number of carboxylic acid groups (broad SMARTS) is 1. The summed E-state index contributed by atoms with van der Waals surface area (Å²) >= 11 is 0. The van der Waals surface area contributed by atoms with Crippen molar-refractivity contribution in [2.75, 3.05) is 13.7 Å². The van der Waals surface area contributed by atoms with Gasteiger partial charge in [0.2, 0.25) is 0 Å². The fourth-order valence-electron chi connectivity index (χ4n) is 2.32. The number of Topliss-reactive ketones (excluding diaryl/α,β-unsaturated/α-hetero) is 1. The van der Waals surface area contributed by atoms with Crippen molar-refractivity contribution in [2.24, 2.45) is 0 Å². The first kappa shape index (κ1) is 13.4. The van der Waals surface area contributed by atoms with Crippen LogP contribution in [0.5, 0.6) is 11.5 Å². The van der Waals surface area contributed by atoms with Crippen LogP contribution in [-0.2, 0) is 11.2 Å². The van der Waals surface area contributed by atoms with Crippen LogP contribution in [0, 0.1) is 0 Å². The number of rotatable bonds is 4. The molecule has 0 heterocycles. The third-order valence-corrected chi connectivity index (χ3v) is 3.16. The van der Waals surface area contributed by atoms with E-state index in [0.29, 0.717) is 23.5 Å². The fraction of sp³-hybridized carbons (Fsp3) is 0.429. The summed E-state index contributed by atoms with van der Waals surface area (Å²) in [7, 11) is 1.56. The first-order valence-corrected chi connectivity index (χ1v) is 6.21. The van der Waals surface area contributed by atoms with Crippen molar-refractivity contribution in [3.8, 4) is 11.5 Å². The predicted octanol–water partition coefficient (Wildman–Crippen LogP) is 2.07. The first-order valence-electron chi connectivity index (χ1n) is 6.21. The fourth-order valence-corrected chi connectivity index (χ4v) is 2.32. The van der Waals surface area contributed by atoms with Crippen LogP contribution >= 0.6 is 0 Å². The summed E-state index contributed by atoms with van der Waals surface area (Å²) < 4.78 is 10.5. The zero-order valence-electron chi connectivity index (χ0n) is 10.8. The predicted molar refractivity (Wildman–Crippen MR) is 68.0 cm³/mol. The average Bonchev–Trinajstić information content (AvgIpc) is 2.58. The van der Waals surface area contributed by atoms with Gasteiger partial charge in [-0.2, -0.15) is 0 Å². The van der Waals surface area contributed by atoms with Gasteiger partial charge in [0.05, 0.1) is 12.7 Å². The second-order valence-electron chi connectivity index (χ2n) is 4.43. The minimum atomic E-state index is -1.06. The van der Waals surface area contributed by atoms with Crippen molar-refractivity contribution < 1.29 is 24.2 Å². The highest BCUT2D eigenvalue weighted by molar-refractivity contribution is 6.01. The summed E-state index contributed by atoms with van der Waals surface area (Å²) in [4.78, 5) is 22.7. The van der Waals surface area contributed by atoms with Crippen molar-refractivity contribution in [2.45, 2.75) is 25.7 Å². The Labute approximate surface area is 111 Å². The molecule has 0 unspecified atom stereocenters. The summed E-state index contributed by atoms with van der Waals surface area (Å²) in [6.07, 6.45) is 2.95. The molecule has 1 N–H and O–H groups in total. The number of ether oxygens (including phenoxy) is 2. The maximum Gasteiger partial charge on any atom is 0.341 e. The highest BCUT2D eigenvalue weighted by Crippen LogP contribution is 2.35. The Kier molecular flexibility index (Phi) is 4.04. The number of carboxylic acids is 1. The molecule has 0 saturated heterocycles. The van der Waals surface area contributed by atoms with E-state index in [1.807, 2.05) is 0 Å². The second-order valence-corrected chi connectivity index (χ2v) is 4.43. The Hall–Kier alpha value is -2.04. The molecule has 0 radical (unpaired) electrons. The standard InChI is InChI=1S/C14H16O5/c1-18-11-6-7-12(19-8-13(16)17)14-9(11)4-2-3-5-10(14)15/h6-7H,2-5,8H2,1H3,(H,16,17). The van der Waals surface area contributed by atoms with E-state index in [9.17, 15) is 9.59 Å². The van der Waals surface area contributed by atoms with Crippen LogP contribution in [0.25, 0.3) is 0 Å². The first-order chi connectivity index (χ1) is 9.13. The molecule has 2 rings (SSSR count). The van der Waals surface area contributed by atoms with Crippen LogP contribution in [0.1, 0.15) is 35.2 Å². The van der Waals surface area contributed by atoms with Crippen LogP contribution < -0.4 is 9.47 Å². The number of aliphatic carboxylic acids is 1. The molecule has 0 aromatic heterocycles. The molecule has 0 fully saturated rings. The van der Waals surface area contributed by atoms with Gasteiger partial charge < -0.3 is 14.6 Å². The van der Waals surface area contributed by atoms with Crippen LogP contribution in [-0.4, -0.2) is 30.6 Å². The molecule has 1 aliphatic carbocycles. The molecule has 1 aromatic rings. The Morgan fingerprint density at radius 1 is 1.26 bits per heavy atom. The number of hydrogen-bond donors (Lipinski definition) is 1. The van der Waals surface area contributed by atoms with Gasteiger partial charge in [0, 0.05) is 12.0 Å². The molecule has 5 heteroatoms. The van der Waals surface area contributed by atoms with Crippen molar-refractivity contribution >= 4 is 11.8 Å². The Balaban J connectivity index is 2.44. The molecular formula is C14H16O5. The largest absolute Gasteiger partial charge is 0.496 e. The number of carbonyl (C=O) groups is 2. The highest BCUT2D eigenvalue weighted by Gasteiger charge is 2.23. The summed E-state index contributed by atoms with van der Waals surface area (Å²) in [6, 6.07) is 3.32. The topological polar surface area (TPSA) is 72.8 Å². The normalized spacial score (nSPS) is 14.5. The van der Waals surface area contributed by atoms with Gasteiger partial charge in [-0.1, -0.05) is 0 Å². The van der Waals surface area contributed by atoms with E-state index in [1.165, 1.54) is 0 Å². The molecule has 102 valence electrons. The van der Waals surface area contributed by atoms with Gasteiger partial charge in [-0.05, 0) is 31.4 Å². The Morgan fingerprint density at radius 3 is 2.63 bits per heavy atom. The van der Waals surface area contributed by atoms with Crippen LogP contribution in [0.4, 0.5) is 0 Å². The van der Waals surface area contributed by atoms with Gasteiger partial charge in [0.15, 0.2) is 12.4 Å². The van der Waals surface area contributed by atoms with E-state index in [-0.39, 0.29) is 5.78 Å². The third kappa shape index (κ3) is 2.86. The molecule has 0 amide bonds. The van der Waals surface area contributed by atoms with Crippen molar-refractivity contribution in [3.63, 3.8) is 0 Å². The molecule has 0 saturated carbocycles. The minimum Gasteiger partial charge on any atom is -0.496 e. The number of carbonyl (C=O) groups excluding carboxylic acids is 1. The summed E-state index contributed by atoms with van der Waals surface area (Å²) in [5.74, 6) is -0.0737. The van der Waals surface area contributed by atoms with Gasteiger partial charge in [-0.3, -0.25) is 4.79 Å².